The van der Waals surface area contributed by atoms with Crippen molar-refractivity contribution in [1.82, 2.24) is 0 Å². The van der Waals surface area contributed by atoms with Crippen LogP contribution in [0.4, 0.5) is 0 Å². The Morgan fingerprint density at radius 2 is 1.76 bits per heavy atom. The lowest BCUT2D eigenvalue weighted by atomic mass is 9.60. The molecule has 11 nitrogen and oxygen atoms in total. The maximum absolute atomic E-state index is 14.8. The summed E-state index contributed by atoms with van der Waals surface area (Å²) < 4.78 is 48.0. The fraction of sp³-hybridized carbons (Fsp3) is 0.382. The van der Waals surface area contributed by atoms with E-state index in [0.29, 0.717) is 39.3 Å². The number of carbonyl (C=O) groups excluding carboxylic acids is 3. The lowest BCUT2D eigenvalue weighted by molar-refractivity contribution is -0.150. The van der Waals surface area contributed by atoms with Crippen LogP contribution < -0.4 is 14.2 Å². The van der Waals surface area contributed by atoms with Crippen molar-refractivity contribution in [3.05, 3.63) is 87.9 Å². The summed E-state index contributed by atoms with van der Waals surface area (Å²) in [7, 11) is 2.81. The molecule has 2 spiro atoms. The summed E-state index contributed by atoms with van der Waals surface area (Å²) in [6, 6.07) is 10.3. The van der Waals surface area contributed by atoms with Gasteiger partial charge in [-0.05, 0) is 43.7 Å². The normalized spacial score (nSPS) is 29.1. The van der Waals surface area contributed by atoms with E-state index in [2.05, 4.69) is 0 Å². The average molecular weight is 617 g/mol. The molecule has 1 saturated heterocycles. The number of allylic oxidation sites excluding steroid dienone is 3. The molecule has 2 aliphatic carbocycles. The number of fused-ring (bicyclic) bond motifs is 2. The molecule has 0 aromatic heterocycles. The molecule has 1 fully saturated rings. The summed E-state index contributed by atoms with van der Waals surface area (Å²) in [5.74, 6) is -1.09. The van der Waals surface area contributed by atoms with Crippen LogP contribution >= 0.6 is 0 Å². The Hall–Kier alpha value is -4.77. The monoisotopic (exact) mass is 616 g/mol. The zero-order valence-electron chi connectivity index (χ0n) is 25.5. The van der Waals surface area contributed by atoms with E-state index in [0.717, 1.165) is 0 Å². The zero-order valence-corrected chi connectivity index (χ0v) is 25.5. The average Bonchev–Trinajstić information content (AvgIpc) is 3.56. The molecule has 45 heavy (non-hydrogen) atoms. The molecule has 7 rings (SSSR count). The van der Waals surface area contributed by atoms with Gasteiger partial charge < -0.3 is 37.9 Å². The molecule has 11 heteroatoms. The molecule has 5 aliphatic rings. The number of rotatable bonds is 6. The molecule has 0 N–H and O–H groups in total. The first-order valence-corrected chi connectivity index (χ1v) is 14.6. The van der Waals surface area contributed by atoms with Crippen LogP contribution in [0.1, 0.15) is 48.4 Å². The van der Waals surface area contributed by atoms with Gasteiger partial charge in [-0.1, -0.05) is 31.2 Å². The lowest BCUT2D eigenvalue weighted by Crippen LogP contribution is -2.55. The summed E-state index contributed by atoms with van der Waals surface area (Å²) in [5.41, 5.74) is -0.736. The number of carbonyl (C=O) groups is 3. The van der Waals surface area contributed by atoms with Gasteiger partial charge in [0, 0.05) is 22.6 Å². The van der Waals surface area contributed by atoms with Crippen molar-refractivity contribution in [1.29, 1.82) is 0 Å². The second kappa shape index (κ2) is 10.4. The minimum absolute atomic E-state index is 0.0351. The number of methoxy groups -OCH3 is 2. The minimum atomic E-state index is -1.58. The van der Waals surface area contributed by atoms with Crippen molar-refractivity contribution in [3.8, 4) is 17.2 Å². The van der Waals surface area contributed by atoms with Gasteiger partial charge in [-0.25, -0.2) is 9.59 Å². The van der Waals surface area contributed by atoms with Crippen LogP contribution in [-0.2, 0) is 38.7 Å². The predicted molar refractivity (Wildman–Crippen MR) is 156 cm³/mol. The van der Waals surface area contributed by atoms with Gasteiger partial charge in [0.1, 0.15) is 23.7 Å². The fourth-order valence-corrected chi connectivity index (χ4v) is 6.83. The molecule has 3 heterocycles. The Kier molecular flexibility index (Phi) is 6.70. The number of benzene rings is 2. The number of hydrogen-bond donors (Lipinski definition) is 0. The van der Waals surface area contributed by atoms with Crippen molar-refractivity contribution in [2.24, 2.45) is 5.92 Å². The van der Waals surface area contributed by atoms with E-state index in [4.69, 9.17) is 37.9 Å². The third kappa shape index (κ3) is 4.03. The molecule has 2 aromatic rings. The van der Waals surface area contributed by atoms with E-state index >= 15 is 0 Å². The molecule has 3 aliphatic heterocycles. The van der Waals surface area contributed by atoms with Crippen LogP contribution in [0, 0.1) is 5.92 Å². The van der Waals surface area contributed by atoms with Crippen molar-refractivity contribution >= 4 is 17.7 Å². The molecule has 0 saturated carbocycles. The SMILES string of the molecule is CC=C(C)C(=O)O[C@H]1c2cc3c(c4c2[C@@]2(CO4)C(=O)C(OC)=C(OC)C=C2[C@H](OC(=O)c2ccccc2)[C@@]2(CO2)[C@H]1C)OCO3. The van der Waals surface area contributed by atoms with Gasteiger partial charge in [0.2, 0.25) is 24.1 Å². The van der Waals surface area contributed by atoms with E-state index in [9.17, 15) is 14.4 Å². The van der Waals surface area contributed by atoms with Crippen LogP contribution in [0.3, 0.4) is 0 Å². The summed E-state index contributed by atoms with van der Waals surface area (Å²) in [6.07, 6.45) is 1.24. The van der Waals surface area contributed by atoms with Crippen LogP contribution in [0.5, 0.6) is 17.2 Å². The molecule has 5 atom stereocenters. The minimum Gasteiger partial charge on any atom is -0.493 e. The smallest absolute Gasteiger partial charge is 0.338 e. The highest BCUT2D eigenvalue weighted by molar-refractivity contribution is 6.09. The second-order valence-electron chi connectivity index (χ2n) is 11.6. The molecule has 234 valence electrons. The van der Waals surface area contributed by atoms with E-state index in [-0.39, 0.29) is 37.3 Å². The maximum Gasteiger partial charge on any atom is 0.338 e. The van der Waals surface area contributed by atoms with Crippen LogP contribution in [-0.4, -0.2) is 63.7 Å². The van der Waals surface area contributed by atoms with Gasteiger partial charge in [0.15, 0.2) is 23.4 Å². The van der Waals surface area contributed by atoms with Crippen molar-refractivity contribution in [2.45, 2.75) is 44.0 Å². The molecule has 0 bridgehead atoms. The Balaban J connectivity index is 1.52. The van der Waals surface area contributed by atoms with Crippen molar-refractivity contribution in [2.75, 3.05) is 34.2 Å². The Labute approximate surface area is 259 Å². The highest BCUT2D eigenvalue weighted by atomic mass is 16.7. The van der Waals surface area contributed by atoms with Crippen molar-refractivity contribution in [3.63, 3.8) is 0 Å². The largest absolute Gasteiger partial charge is 0.493 e. The molecule has 0 amide bonds. The Morgan fingerprint density at radius 1 is 1.00 bits per heavy atom. The van der Waals surface area contributed by atoms with Gasteiger partial charge >= 0.3 is 11.9 Å². The first-order valence-electron chi connectivity index (χ1n) is 14.6. The number of Topliss-reactive ketones (excluding diaryl/α,β-unsaturated/α-hetero) is 1. The number of epoxide rings is 1. The third-order valence-electron chi connectivity index (χ3n) is 9.49. The zero-order chi connectivity index (χ0) is 31.7. The molecule has 2 aromatic carbocycles. The standard InChI is InChI=1S/C34H32O11/c1-6-17(2)31(36)44-25-18(3)34(15-43-34)30(45-32(37)19-10-8-7-9-11-19)21-13-22(38-4)27(39-5)29(35)33(21)14-40-28-24(33)20(25)12-23-26(28)42-16-41-23/h6-13,18,25,30H,14-16H2,1-5H3/t18-,25+,30-,33-,34+/m0/s1. The number of ketones is 1. The van der Waals surface area contributed by atoms with Crippen molar-refractivity contribution < 1.29 is 52.3 Å². The summed E-state index contributed by atoms with van der Waals surface area (Å²) >= 11 is 0. The predicted octanol–water partition coefficient (Wildman–Crippen LogP) is 4.25. The van der Waals surface area contributed by atoms with E-state index < -0.39 is 46.9 Å². The van der Waals surface area contributed by atoms with Crippen LogP contribution in [0.15, 0.2) is 71.2 Å². The first kappa shape index (κ1) is 29.0. The van der Waals surface area contributed by atoms with E-state index in [1.54, 1.807) is 62.4 Å². The van der Waals surface area contributed by atoms with Gasteiger partial charge in [-0.2, -0.15) is 0 Å². The highest BCUT2D eigenvalue weighted by Crippen LogP contribution is 2.64. The quantitative estimate of drug-likeness (QED) is 0.262. The Morgan fingerprint density at radius 3 is 2.42 bits per heavy atom. The van der Waals surface area contributed by atoms with Crippen LogP contribution in [0.25, 0.3) is 0 Å². The number of hydrogen-bond acceptors (Lipinski definition) is 11. The fourth-order valence-electron chi connectivity index (χ4n) is 6.83. The lowest BCUT2D eigenvalue weighted by Gasteiger charge is -2.44. The Bertz CT molecular complexity index is 1710. The van der Waals surface area contributed by atoms with Gasteiger partial charge in [-0.15, -0.1) is 0 Å². The second-order valence-corrected chi connectivity index (χ2v) is 11.6. The topological polar surface area (TPSA) is 128 Å². The number of ether oxygens (including phenoxy) is 8. The highest BCUT2D eigenvalue weighted by Gasteiger charge is 2.70. The molecular formula is C34H32O11. The molecular weight excluding hydrogens is 584 g/mol. The van der Waals surface area contributed by atoms with E-state index in [1.807, 2.05) is 6.92 Å². The third-order valence-corrected chi connectivity index (χ3v) is 9.49. The maximum atomic E-state index is 14.8. The molecule has 0 radical (unpaired) electrons. The van der Waals surface area contributed by atoms with E-state index in [1.165, 1.54) is 14.2 Å². The molecule has 0 unspecified atom stereocenters. The van der Waals surface area contributed by atoms with Gasteiger partial charge in [-0.3, -0.25) is 4.79 Å². The number of esters is 2. The summed E-state index contributed by atoms with van der Waals surface area (Å²) in [5, 5.41) is 0. The van der Waals surface area contributed by atoms with Crippen LogP contribution in [0.2, 0.25) is 0 Å². The summed E-state index contributed by atoms with van der Waals surface area (Å²) in [6.45, 7) is 5.20. The summed E-state index contributed by atoms with van der Waals surface area (Å²) in [4.78, 5) is 41.9. The van der Waals surface area contributed by atoms with Gasteiger partial charge in [0.05, 0.1) is 26.4 Å². The van der Waals surface area contributed by atoms with Gasteiger partial charge in [0.25, 0.3) is 0 Å². The first-order chi connectivity index (χ1) is 21.7.